The maximum absolute atomic E-state index is 11.9. The number of nitrogens with two attached hydrogens (primary N) is 1. The highest BCUT2D eigenvalue weighted by Gasteiger charge is 2.08. The molecule has 0 atom stereocenters. The van der Waals surface area contributed by atoms with E-state index in [1.165, 1.54) is 6.20 Å². The summed E-state index contributed by atoms with van der Waals surface area (Å²) in [6.07, 6.45) is 4.71. The molecule has 6 heteroatoms. The molecule has 0 aliphatic heterocycles. The van der Waals surface area contributed by atoms with Crippen LogP contribution in [-0.4, -0.2) is 27.2 Å². The van der Waals surface area contributed by atoms with Crippen molar-refractivity contribution in [3.8, 4) is 11.8 Å². The number of carbonyl (C=O) groups is 1. The second kappa shape index (κ2) is 5.80. The van der Waals surface area contributed by atoms with Crippen LogP contribution in [0.2, 0.25) is 0 Å². The van der Waals surface area contributed by atoms with Crippen LogP contribution in [0.5, 0.6) is 0 Å². The van der Waals surface area contributed by atoms with Gasteiger partial charge in [0, 0.05) is 25.0 Å². The van der Waals surface area contributed by atoms with Crippen LogP contribution in [0.1, 0.15) is 15.9 Å². The minimum Gasteiger partial charge on any atom is -0.320 e. The summed E-state index contributed by atoms with van der Waals surface area (Å²) in [5.41, 5.74) is 6.53. The van der Waals surface area contributed by atoms with Crippen LogP contribution in [0.15, 0.2) is 30.7 Å². The lowest BCUT2D eigenvalue weighted by Gasteiger charge is -2.02. The van der Waals surface area contributed by atoms with Crippen LogP contribution >= 0.6 is 0 Å². The molecule has 0 bridgehead atoms. The van der Waals surface area contributed by atoms with Crippen LogP contribution in [0, 0.1) is 11.8 Å². The first-order valence-corrected chi connectivity index (χ1v) is 5.64. The number of amides is 1. The number of hydrogen-bond acceptors (Lipinski definition) is 4. The Morgan fingerprint density at radius 3 is 3.11 bits per heavy atom. The molecule has 0 aliphatic rings. The summed E-state index contributed by atoms with van der Waals surface area (Å²) < 4.78 is 1.56. The molecule has 2 rings (SSSR count). The average molecular weight is 255 g/mol. The Morgan fingerprint density at radius 2 is 2.42 bits per heavy atom. The third-order valence-corrected chi connectivity index (χ3v) is 2.30. The molecule has 2 aromatic heterocycles. The normalized spacial score (nSPS) is 9.58. The fraction of sp³-hybridized carbons (Fsp3) is 0.154. The highest BCUT2D eigenvalue weighted by atomic mass is 16.1. The molecule has 6 nitrogen and oxygen atoms in total. The largest absolute Gasteiger partial charge is 0.320 e. The lowest BCUT2D eigenvalue weighted by molar-refractivity contribution is 0.102. The van der Waals surface area contributed by atoms with Gasteiger partial charge in [-0.1, -0.05) is 11.8 Å². The molecule has 0 radical (unpaired) electrons. The standard InChI is InChI=1S/C13H13N5O/c1-18-9-11(8-16-18)13(19)17-12-7-10(3-2-5-14)4-6-15-12/h4,6-9H,5,14H2,1H3,(H,15,17,19). The lowest BCUT2D eigenvalue weighted by atomic mass is 10.2. The number of rotatable bonds is 2. The van der Waals surface area contributed by atoms with E-state index in [4.69, 9.17) is 5.73 Å². The molecule has 0 saturated carbocycles. The number of carbonyl (C=O) groups excluding carboxylic acids is 1. The predicted octanol–water partition coefficient (Wildman–Crippen LogP) is 0.378. The number of aryl methyl sites for hydroxylation is 1. The zero-order valence-electron chi connectivity index (χ0n) is 10.4. The summed E-state index contributed by atoms with van der Waals surface area (Å²) in [6, 6.07) is 3.44. The zero-order valence-corrected chi connectivity index (χ0v) is 10.4. The number of hydrogen-bond donors (Lipinski definition) is 2. The Bertz CT molecular complexity index is 650. The first-order valence-electron chi connectivity index (χ1n) is 5.64. The van der Waals surface area contributed by atoms with E-state index in [1.54, 1.807) is 36.3 Å². The fourth-order valence-electron chi connectivity index (χ4n) is 1.46. The van der Waals surface area contributed by atoms with Crippen molar-refractivity contribution in [2.45, 2.75) is 0 Å². The minimum absolute atomic E-state index is 0.260. The highest BCUT2D eigenvalue weighted by molar-refractivity contribution is 6.03. The van der Waals surface area contributed by atoms with Crippen molar-refractivity contribution < 1.29 is 4.79 Å². The molecule has 0 aliphatic carbocycles. The van der Waals surface area contributed by atoms with Gasteiger partial charge in [-0.2, -0.15) is 5.10 Å². The van der Waals surface area contributed by atoms with E-state index in [2.05, 4.69) is 27.2 Å². The first-order chi connectivity index (χ1) is 9.19. The van der Waals surface area contributed by atoms with Crippen LogP contribution in [0.4, 0.5) is 5.82 Å². The van der Waals surface area contributed by atoms with Crippen molar-refractivity contribution in [1.82, 2.24) is 14.8 Å². The molecular weight excluding hydrogens is 242 g/mol. The zero-order chi connectivity index (χ0) is 13.7. The Hall–Kier alpha value is -2.65. The van der Waals surface area contributed by atoms with E-state index in [0.717, 1.165) is 5.56 Å². The van der Waals surface area contributed by atoms with E-state index < -0.39 is 0 Å². The fourth-order valence-corrected chi connectivity index (χ4v) is 1.46. The van der Waals surface area contributed by atoms with Crippen molar-refractivity contribution in [1.29, 1.82) is 0 Å². The van der Waals surface area contributed by atoms with Gasteiger partial charge in [0.25, 0.3) is 5.91 Å². The SMILES string of the molecule is Cn1cc(C(=O)Nc2cc(C#CCN)ccn2)cn1. The summed E-state index contributed by atoms with van der Waals surface area (Å²) >= 11 is 0. The van der Waals surface area contributed by atoms with Crippen molar-refractivity contribution in [2.75, 3.05) is 11.9 Å². The number of pyridine rings is 1. The third kappa shape index (κ3) is 3.40. The maximum atomic E-state index is 11.9. The van der Waals surface area contributed by atoms with Gasteiger partial charge in [0.05, 0.1) is 18.3 Å². The third-order valence-electron chi connectivity index (χ3n) is 2.30. The van der Waals surface area contributed by atoms with E-state index in [0.29, 0.717) is 17.9 Å². The molecule has 0 spiro atoms. The van der Waals surface area contributed by atoms with Gasteiger partial charge in [0.2, 0.25) is 0 Å². The summed E-state index contributed by atoms with van der Waals surface area (Å²) in [6.45, 7) is 0.291. The summed E-state index contributed by atoms with van der Waals surface area (Å²) in [7, 11) is 1.75. The molecule has 19 heavy (non-hydrogen) atoms. The second-order valence-corrected chi connectivity index (χ2v) is 3.79. The van der Waals surface area contributed by atoms with Gasteiger partial charge >= 0.3 is 0 Å². The van der Waals surface area contributed by atoms with Crippen molar-refractivity contribution in [3.63, 3.8) is 0 Å². The van der Waals surface area contributed by atoms with Gasteiger partial charge in [0.15, 0.2) is 0 Å². The van der Waals surface area contributed by atoms with Gasteiger partial charge in [0.1, 0.15) is 5.82 Å². The van der Waals surface area contributed by atoms with Crippen LogP contribution < -0.4 is 11.1 Å². The Balaban J connectivity index is 2.13. The quantitative estimate of drug-likeness (QED) is 0.759. The van der Waals surface area contributed by atoms with E-state index >= 15 is 0 Å². The summed E-state index contributed by atoms with van der Waals surface area (Å²) in [5, 5.41) is 6.62. The number of nitrogens with one attached hydrogen (secondary N) is 1. The molecule has 3 N–H and O–H groups in total. The smallest absolute Gasteiger partial charge is 0.260 e. The number of aromatic nitrogens is 3. The van der Waals surface area contributed by atoms with Gasteiger partial charge in [-0.3, -0.25) is 9.48 Å². The predicted molar refractivity (Wildman–Crippen MR) is 71.3 cm³/mol. The molecule has 96 valence electrons. The molecule has 0 fully saturated rings. The molecule has 0 saturated heterocycles. The first kappa shape index (κ1) is 12.8. The Kier molecular flexibility index (Phi) is 3.90. The van der Waals surface area contributed by atoms with E-state index in [-0.39, 0.29) is 5.91 Å². The molecule has 0 unspecified atom stereocenters. The molecule has 1 amide bonds. The van der Waals surface area contributed by atoms with Crippen molar-refractivity contribution in [2.24, 2.45) is 12.8 Å². The molecular formula is C13H13N5O. The highest BCUT2D eigenvalue weighted by Crippen LogP contribution is 2.08. The van der Waals surface area contributed by atoms with Crippen LogP contribution in [-0.2, 0) is 7.05 Å². The summed E-state index contributed by atoms with van der Waals surface area (Å²) in [4.78, 5) is 16.0. The Morgan fingerprint density at radius 1 is 1.58 bits per heavy atom. The second-order valence-electron chi connectivity index (χ2n) is 3.79. The van der Waals surface area contributed by atoms with Gasteiger partial charge < -0.3 is 11.1 Å². The monoisotopic (exact) mass is 255 g/mol. The molecule has 2 heterocycles. The van der Waals surface area contributed by atoms with Crippen LogP contribution in [0.25, 0.3) is 0 Å². The maximum Gasteiger partial charge on any atom is 0.260 e. The lowest BCUT2D eigenvalue weighted by Crippen LogP contribution is -2.12. The summed E-state index contributed by atoms with van der Waals surface area (Å²) in [5.74, 6) is 5.81. The van der Waals surface area contributed by atoms with E-state index in [9.17, 15) is 4.79 Å². The average Bonchev–Trinajstić information content (AvgIpc) is 2.83. The van der Waals surface area contributed by atoms with Crippen molar-refractivity contribution >= 4 is 11.7 Å². The number of anilines is 1. The van der Waals surface area contributed by atoms with E-state index in [1.807, 2.05) is 0 Å². The molecule has 2 aromatic rings. The number of nitrogens with zero attached hydrogens (tertiary/aromatic N) is 3. The molecule has 0 aromatic carbocycles. The van der Waals surface area contributed by atoms with Crippen molar-refractivity contribution in [3.05, 3.63) is 41.9 Å². The van der Waals surface area contributed by atoms with Gasteiger partial charge in [-0.15, -0.1) is 0 Å². The minimum atomic E-state index is -0.260. The van der Waals surface area contributed by atoms with Gasteiger partial charge in [-0.25, -0.2) is 4.98 Å². The Labute approximate surface area is 110 Å². The van der Waals surface area contributed by atoms with Gasteiger partial charge in [-0.05, 0) is 12.1 Å². The topological polar surface area (TPSA) is 85.8 Å². The van der Waals surface area contributed by atoms with Crippen LogP contribution in [0.3, 0.4) is 0 Å².